The summed E-state index contributed by atoms with van der Waals surface area (Å²) in [6.45, 7) is 3.22. The van der Waals surface area contributed by atoms with Crippen molar-refractivity contribution in [3.05, 3.63) is 0 Å². The fraction of sp³-hybridized carbons (Fsp3) is 0.900. The van der Waals surface area contributed by atoms with Crippen LogP contribution >= 0.6 is 0 Å². The average molecular weight is 277 g/mol. The molecule has 0 saturated carbocycles. The van der Waals surface area contributed by atoms with Crippen molar-refractivity contribution < 1.29 is 17.9 Å². The van der Waals surface area contributed by atoms with Gasteiger partial charge in [0.05, 0.1) is 6.10 Å². The number of hydrogen-bond donors (Lipinski definition) is 1. The van der Waals surface area contributed by atoms with Crippen molar-refractivity contribution in [2.45, 2.75) is 32.0 Å². The summed E-state index contributed by atoms with van der Waals surface area (Å²) in [6.07, 6.45) is 1.41. The number of piperazine rings is 1. The van der Waals surface area contributed by atoms with Crippen LogP contribution in [0.15, 0.2) is 0 Å². The van der Waals surface area contributed by atoms with Crippen LogP contribution in [-0.2, 0) is 19.7 Å². The zero-order chi connectivity index (χ0) is 13.3. The van der Waals surface area contributed by atoms with E-state index in [-0.39, 0.29) is 31.2 Å². The molecule has 7 nitrogen and oxygen atoms in total. The SMILES string of the molecule is CC1CCC(C(=O)N2CCN(S(N)(=O)=O)CC2)O1. The zero-order valence-electron chi connectivity index (χ0n) is 10.4. The molecule has 2 rings (SSSR count). The van der Waals surface area contributed by atoms with Crippen molar-refractivity contribution in [2.24, 2.45) is 5.14 Å². The first-order valence-corrected chi connectivity index (χ1v) is 7.60. The smallest absolute Gasteiger partial charge is 0.277 e. The summed E-state index contributed by atoms with van der Waals surface area (Å²) in [4.78, 5) is 13.8. The Balaban J connectivity index is 1.88. The molecule has 2 heterocycles. The van der Waals surface area contributed by atoms with E-state index in [2.05, 4.69) is 0 Å². The standard InChI is InChI=1S/C10H19N3O4S/c1-8-2-3-9(17-8)10(14)12-4-6-13(7-5-12)18(11,15)16/h8-9H,2-7H2,1H3,(H2,11,15,16). The van der Waals surface area contributed by atoms with Gasteiger partial charge >= 0.3 is 0 Å². The molecule has 2 saturated heterocycles. The van der Waals surface area contributed by atoms with Crippen LogP contribution in [0.5, 0.6) is 0 Å². The third-order valence-corrected chi connectivity index (χ3v) is 4.50. The molecule has 0 aliphatic carbocycles. The molecule has 18 heavy (non-hydrogen) atoms. The summed E-state index contributed by atoms with van der Waals surface area (Å²) in [6, 6.07) is 0. The Morgan fingerprint density at radius 2 is 1.83 bits per heavy atom. The summed E-state index contributed by atoms with van der Waals surface area (Å²) in [5, 5.41) is 5.04. The first-order valence-electron chi connectivity index (χ1n) is 6.10. The highest BCUT2D eigenvalue weighted by molar-refractivity contribution is 7.86. The molecule has 2 unspecified atom stereocenters. The van der Waals surface area contributed by atoms with Gasteiger partial charge in [-0.15, -0.1) is 0 Å². The third-order valence-electron chi connectivity index (χ3n) is 3.42. The molecular formula is C10H19N3O4S. The molecule has 0 bridgehead atoms. The van der Waals surface area contributed by atoms with Gasteiger partial charge in [0.25, 0.3) is 16.1 Å². The molecule has 0 radical (unpaired) electrons. The van der Waals surface area contributed by atoms with Crippen LogP contribution in [0, 0.1) is 0 Å². The van der Waals surface area contributed by atoms with E-state index < -0.39 is 10.2 Å². The quantitative estimate of drug-likeness (QED) is 0.693. The van der Waals surface area contributed by atoms with Crippen LogP contribution in [0.4, 0.5) is 0 Å². The highest BCUT2D eigenvalue weighted by Gasteiger charge is 2.34. The van der Waals surface area contributed by atoms with Crippen LogP contribution in [-0.4, -0.2) is 61.9 Å². The molecule has 0 aromatic rings. The van der Waals surface area contributed by atoms with Crippen LogP contribution < -0.4 is 5.14 Å². The molecule has 0 aromatic heterocycles. The minimum absolute atomic E-state index is 0.0339. The number of nitrogens with two attached hydrogens (primary N) is 1. The van der Waals surface area contributed by atoms with Gasteiger partial charge in [0.1, 0.15) is 6.10 Å². The lowest BCUT2D eigenvalue weighted by Gasteiger charge is -2.34. The Bertz CT molecular complexity index is 417. The van der Waals surface area contributed by atoms with Crippen molar-refractivity contribution >= 4 is 16.1 Å². The number of carbonyl (C=O) groups is 1. The van der Waals surface area contributed by atoms with E-state index in [1.165, 1.54) is 4.31 Å². The Morgan fingerprint density at radius 3 is 2.28 bits per heavy atom. The Hall–Kier alpha value is -0.700. The van der Waals surface area contributed by atoms with E-state index >= 15 is 0 Å². The molecule has 2 aliphatic heterocycles. The first-order chi connectivity index (χ1) is 8.38. The minimum atomic E-state index is -3.64. The Kier molecular flexibility index (Phi) is 3.90. The molecule has 2 aliphatic rings. The van der Waals surface area contributed by atoms with Crippen LogP contribution in [0.25, 0.3) is 0 Å². The predicted molar refractivity (Wildman–Crippen MR) is 64.8 cm³/mol. The topological polar surface area (TPSA) is 92.9 Å². The second-order valence-corrected chi connectivity index (χ2v) is 6.33. The maximum atomic E-state index is 12.1. The molecular weight excluding hydrogens is 258 g/mol. The second-order valence-electron chi connectivity index (χ2n) is 4.78. The van der Waals surface area contributed by atoms with E-state index in [1.807, 2.05) is 6.92 Å². The number of nitrogens with zero attached hydrogens (tertiary/aromatic N) is 2. The van der Waals surface area contributed by atoms with E-state index in [0.29, 0.717) is 13.1 Å². The molecule has 2 fully saturated rings. The second kappa shape index (κ2) is 5.12. The maximum absolute atomic E-state index is 12.1. The van der Waals surface area contributed by atoms with Crippen LogP contribution in [0.3, 0.4) is 0 Å². The molecule has 0 aromatic carbocycles. The molecule has 8 heteroatoms. The third kappa shape index (κ3) is 3.00. The number of ether oxygens (including phenoxy) is 1. The molecule has 104 valence electrons. The van der Waals surface area contributed by atoms with Gasteiger partial charge in [0, 0.05) is 26.2 Å². The fourth-order valence-corrected chi connectivity index (χ4v) is 3.02. The summed E-state index contributed by atoms with van der Waals surface area (Å²) in [7, 11) is -3.64. The molecule has 2 atom stereocenters. The van der Waals surface area contributed by atoms with Gasteiger partial charge in [0.2, 0.25) is 0 Å². The number of rotatable bonds is 2. The molecule has 0 spiro atoms. The lowest BCUT2D eigenvalue weighted by atomic mass is 10.2. The van der Waals surface area contributed by atoms with Crippen molar-refractivity contribution in [1.82, 2.24) is 9.21 Å². The van der Waals surface area contributed by atoms with E-state index in [0.717, 1.165) is 12.8 Å². The van der Waals surface area contributed by atoms with E-state index in [4.69, 9.17) is 9.88 Å². The average Bonchev–Trinajstić information content (AvgIpc) is 2.74. The molecule has 2 N–H and O–H groups in total. The highest BCUT2D eigenvalue weighted by Crippen LogP contribution is 2.21. The lowest BCUT2D eigenvalue weighted by Crippen LogP contribution is -2.54. The van der Waals surface area contributed by atoms with Crippen molar-refractivity contribution in [1.29, 1.82) is 0 Å². The lowest BCUT2D eigenvalue weighted by molar-refractivity contribution is -0.143. The van der Waals surface area contributed by atoms with Gasteiger partial charge in [-0.25, -0.2) is 5.14 Å². The summed E-state index contributed by atoms with van der Waals surface area (Å²) >= 11 is 0. The summed E-state index contributed by atoms with van der Waals surface area (Å²) in [5.41, 5.74) is 0. The first kappa shape index (κ1) is 13.7. The largest absolute Gasteiger partial charge is 0.365 e. The summed E-state index contributed by atoms with van der Waals surface area (Å²) in [5.74, 6) is -0.0339. The number of amides is 1. The van der Waals surface area contributed by atoms with E-state index in [1.54, 1.807) is 4.90 Å². The highest BCUT2D eigenvalue weighted by atomic mass is 32.2. The van der Waals surface area contributed by atoms with Crippen molar-refractivity contribution in [3.8, 4) is 0 Å². The van der Waals surface area contributed by atoms with Gasteiger partial charge < -0.3 is 9.64 Å². The van der Waals surface area contributed by atoms with Gasteiger partial charge in [-0.3, -0.25) is 4.79 Å². The Labute approximate surface area is 107 Å². The summed E-state index contributed by atoms with van der Waals surface area (Å²) < 4.78 is 29.0. The number of hydrogen-bond acceptors (Lipinski definition) is 4. The van der Waals surface area contributed by atoms with Gasteiger partial charge in [-0.05, 0) is 19.8 Å². The van der Waals surface area contributed by atoms with Gasteiger partial charge in [-0.2, -0.15) is 12.7 Å². The number of carbonyl (C=O) groups excluding carboxylic acids is 1. The Morgan fingerprint density at radius 1 is 1.22 bits per heavy atom. The van der Waals surface area contributed by atoms with Gasteiger partial charge in [-0.1, -0.05) is 0 Å². The van der Waals surface area contributed by atoms with E-state index in [9.17, 15) is 13.2 Å². The monoisotopic (exact) mass is 277 g/mol. The maximum Gasteiger partial charge on any atom is 0.277 e. The predicted octanol–water partition coefficient (Wildman–Crippen LogP) is -1.10. The fourth-order valence-electron chi connectivity index (χ4n) is 2.35. The zero-order valence-corrected chi connectivity index (χ0v) is 11.2. The van der Waals surface area contributed by atoms with Crippen molar-refractivity contribution in [3.63, 3.8) is 0 Å². The molecule has 1 amide bonds. The normalized spacial score (nSPS) is 30.7. The van der Waals surface area contributed by atoms with Crippen LogP contribution in [0.2, 0.25) is 0 Å². The van der Waals surface area contributed by atoms with Crippen molar-refractivity contribution in [2.75, 3.05) is 26.2 Å². The van der Waals surface area contributed by atoms with Gasteiger partial charge in [0.15, 0.2) is 0 Å². The minimum Gasteiger partial charge on any atom is -0.365 e. The van der Waals surface area contributed by atoms with Crippen LogP contribution in [0.1, 0.15) is 19.8 Å².